The summed E-state index contributed by atoms with van der Waals surface area (Å²) < 4.78 is 9.98. The van der Waals surface area contributed by atoms with Crippen molar-refractivity contribution in [3.05, 3.63) is 64.7 Å². The second-order valence-corrected chi connectivity index (χ2v) is 6.15. The predicted octanol–water partition coefficient (Wildman–Crippen LogP) is 2.82. The molecule has 0 fully saturated rings. The van der Waals surface area contributed by atoms with Gasteiger partial charge in [-0.25, -0.2) is 4.79 Å². The van der Waals surface area contributed by atoms with Crippen molar-refractivity contribution in [3.8, 4) is 5.75 Å². The van der Waals surface area contributed by atoms with E-state index in [0.29, 0.717) is 16.3 Å². The molecule has 2 aromatic rings. The van der Waals surface area contributed by atoms with Crippen molar-refractivity contribution in [3.63, 3.8) is 0 Å². The molecule has 1 heterocycles. The van der Waals surface area contributed by atoms with E-state index in [4.69, 9.17) is 21.1 Å². The Balaban J connectivity index is 1.96. The maximum absolute atomic E-state index is 13.0. The number of carbonyl (C=O) groups excluding carboxylic acids is 2. The molecule has 0 bridgehead atoms. The third-order valence-electron chi connectivity index (χ3n) is 4.23. The number of Topliss-reactive ketones (excluding diaryl/α,β-unsaturated/α-hetero) is 1. The van der Waals surface area contributed by atoms with E-state index in [2.05, 4.69) is 10.5 Å². The zero-order valence-corrected chi connectivity index (χ0v) is 15.0. The maximum atomic E-state index is 13.0. The van der Waals surface area contributed by atoms with Gasteiger partial charge in [0, 0.05) is 10.6 Å². The minimum atomic E-state index is -0.723. The molecule has 0 radical (unpaired) electrons. The molecule has 2 aromatic carbocycles. The molecule has 7 heteroatoms. The molecule has 26 heavy (non-hydrogen) atoms. The van der Waals surface area contributed by atoms with Crippen LogP contribution in [0, 0.1) is 0 Å². The lowest BCUT2D eigenvalue weighted by molar-refractivity contribution is -0.132. The van der Waals surface area contributed by atoms with Gasteiger partial charge >= 0.3 is 5.97 Å². The van der Waals surface area contributed by atoms with Crippen molar-refractivity contribution < 1.29 is 19.1 Å². The molecule has 0 spiro atoms. The highest BCUT2D eigenvalue weighted by atomic mass is 35.5. The molecule has 0 aliphatic carbocycles. The van der Waals surface area contributed by atoms with E-state index in [1.165, 1.54) is 7.11 Å². The maximum Gasteiger partial charge on any atom is 0.354 e. The highest BCUT2D eigenvalue weighted by molar-refractivity contribution is 6.40. The molecule has 0 unspecified atom stereocenters. The van der Waals surface area contributed by atoms with Gasteiger partial charge in [0.05, 0.1) is 20.1 Å². The van der Waals surface area contributed by atoms with E-state index >= 15 is 0 Å². The van der Waals surface area contributed by atoms with Crippen molar-refractivity contribution >= 4 is 29.1 Å². The van der Waals surface area contributed by atoms with Crippen LogP contribution < -0.4 is 10.2 Å². The van der Waals surface area contributed by atoms with E-state index in [1.807, 2.05) is 0 Å². The summed E-state index contributed by atoms with van der Waals surface area (Å²) in [5.41, 5.74) is 4.18. The van der Waals surface area contributed by atoms with Crippen molar-refractivity contribution in [1.29, 1.82) is 0 Å². The summed E-state index contributed by atoms with van der Waals surface area (Å²) in [5.74, 6) is -0.664. The highest BCUT2D eigenvalue weighted by Crippen LogP contribution is 2.30. The van der Waals surface area contributed by atoms with Gasteiger partial charge < -0.3 is 9.47 Å². The lowest BCUT2D eigenvalue weighted by Gasteiger charge is -2.20. The van der Waals surface area contributed by atoms with Gasteiger partial charge in [0.15, 0.2) is 11.5 Å². The van der Waals surface area contributed by atoms with Gasteiger partial charge in [0.1, 0.15) is 11.8 Å². The van der Waals surface area contributed by atoms with Crippen molar-refractivity contribution in [2.24, 2.45) is 5.10 Å². The Bertz CT molecular complexity index is 847. The van der Waals surface area contributed by atoms with Gasteiger partial charge in [-0.2, -0.15) is 5.10 Å². The fourth-order valence-corrected chi connectivity index (χ4v) is 3.01. The van der Waals surface area contributed by atoms with Crippen molar-refractivity contribution in [2.75, 3.05) is 14.2 Å². The van der Waals surface area contributed by atoms with E-state index < -0.39 is 17.9 Å². The fraction of sp³-hybridized carbons (Fsp3) is 0.211. The Hall–Kier alpha value is -2.86. The third kappa shape index (κ3) is 3.41. The molecule has 134 valence electrons. The molecule has 1 N–H and O–H groups in total. The number of nitrogens with zero attached hydrogens (tertiary/aromatic N) is 1. The standard InChI is InChI=1S/C19H17ClN2O4/c1-25-14-9-5-11(6-10-14)15-16(21-22-17(15)19(24)26-2)18(23)12-3-7-13(20)8-4-12/h3-10,15-16,21H,1-2H3/t15-,16-/m0/s1. The lowest BCUT2D eigenvalue weighted by atomic mass is 9.84. The van der Waals surface area contributed by atoms with Crippen molar-refractivity contribution in [1.82, 2.24) is 5.43 Å². The third-order valence-corrected chi connectivity index (χ3v) is 4.48. The summed E-state index contributed by atoms with van der Waals surface area (Å²) in [6.45, 7) is 0. The Morgan fingerprint density at radius 2 is 1.69 bits per heavy atom. The first-order valence-corrected chi connectivity index (χ1v) is 8.28. The van der Waals surface area contributed by atoms with Crippen LogP contribution in [-0.2, 0) is 9.53 Å². The SMILES string of the molecule is COC(=O)C1=NN[C@H](C(=O)c2ccc(Cl)cc2)[C@@H]1c1ccc(OC)cc1. The van der Waals surface area contributed by atoms with Crippen molar-refractivity contribution in [2.45, 2.75) is 12.0 Å². The zero-order valence-electron chi connectivity index (χ0n) is 14.2. The van der Waals surface area contributed by atoms with Crippen LogP contribution in [0.15, 0.2) is 53.6 Å². The monoisotopic (exact) mass is 372 g/mol. The Kier molecular flexibility index (Phi) is 5.23. The number of benzene rings is 2. The molecule has 0 saturated carbocycles. The quantitative estimate of drug-likeness (QED) is 0.645. The summed E-state index contributed by atoms with van der Waals surface area (Å²) in [6, 6.07) is 13.0. The average Bonchev–Trinajstić information content (AvgIpc) is 3.12. The first-order valence-electron chi connectivity index (χ1n) is 7.90. The second kappa shape index (κ2) is 7.58. The van der Waals surface area contributed by atoms with Crippen LogP contribution in [-0.4, -0.2) is 37.7 Å². The number of ether oxygens (including phenoxy) is 2. The van der Waals surface area contributed by atoms with Crippen LogP contribution in [0.3, 0.4) is 0 Å². The first kappa shape index (κ1) is 17.9. The number of rotatable bonds is 5. The average molecular weight is 373 g/mol. The predicted molar refractivity (Wildman–Crippen MR) is 97.9 cm³/mol. The number of hydrazone groups is 1. The molecule has 0 aromatic heterocycles. The number of hydrogen-bond acceptors (Lipinski definition) is 6. The highest BCUT2D eigenvalue weighted by Gasteiger charge is 2.41. The van der Waals surface area contributed by atoms with Gasteiger partial charge in [-0.3, -0.25) is 10.2 Å². The summed E-state index contributed by atoms with van der Waals surface area (Å²) in [6.07, 6.45) is 0. The van der Waals surface area contributed by atoms with E-state index in [9.17, 15) is 9.59 Å². The lowest BCUT2D eigenvalue weighted by Crippen LogP contribution is -2.37. The van der Waals surface area contributed by atoms with Gasteiger partial charge in [-0.05, 0) is 42.0 Å². The Labute approximate surface area is 155 Å². The minimum Gasteiger partial charge on any atom is -0.497 e. The molecule has 3 rings (SSSR count). The summed E-state index contributed by atoms with van der Waals surface area (Å²) in [7, 11) is 2.85. The van der Waals surface area contributed by atoms with E-state index in [0.717, 1.165) is 5.56 Å². The van der Waals surface area contributed by atoms with Gasteiger partial charge in [0.25, 0.3) is 0 Å². The molecule has 0 saturated heterocycles. The van der Waals surface area contributed by atoms with Crippen LogP contribution >= 0.6 is 11.6 Å². The number of methoxy groups -OCH3 is 2. The van der Waals surface area contributed by atoms with Gasteiger partial charge in [-0.15, -0.1) is 0 Å². The number of halogens is 1. The summed E-state index contributed by atoms with van der Waals surface area (Å²) >= 11 is 5.89. The first-order chi connectivity index (χ1) is 12.5. The molecule has 6 nitrogen and oxygen atoms in total. The van der Waals surface area contributed by atoms with E-state index in [-0.39, 0.29) is 11.5 Å². The number of nitrogens with one attached hydrogen (secondary N) is 1. The molecule has 2 atom stereocenters. The van der Waals surface area contributed by atoms with Crippen LogP contribution in [0.4, 0.5) is 0 Å². The minimum absolute atomic E-state index is 0.157. The van der Waals surface area contributed by atoms with Crippen LogP contribution in [0.5, 0.6) is 5.75 Å². The molecule has 1 aliphatic rings. The number of carbonyl (C=O) groups is 2. The molecular weight excluding hydrogens is 356 g/mol. The smallest absolute Gasteiger partial charge is 0.354 e. The Morgan fingerprint density at radius 1 is 1.04 bits per heavy atom. The van der Waals surface area contributed by atoms with Crippen LogP contribution in [0.25, 0.3) is 0 Å². The second-order valence-electron chi connectivity index (χ2n) is 5.72. The fourth-order valence-electron chi connectivity index (χ4n) is 2.88. The van der Waals surface area contributed by atoms with Crippen LogP contribution in [0.1, 0.15) is 21.8 Å². The number of ketones is 1. The van der Waals surface area contributed by atoms with Crippen LogP contribution in [0.2, 0.25) is 5.02 Å². The zero-order chi connectivity index (χ0) is 18.7. The summed E-state index contributed by atoms with van der Waals surface area (Å²) in [5, 5.41) is 4.61. The number of hydrogen-bond donors (Lipinski definition) is 1. The molecule has 0 amide bonds. The number of esters is 1. The Morgan fingerprint density at radius 3 is 2.27 bits per heavy atom. The molecule has 1 aliphatic heterocycles. The topological polar surface area (TPSA) is 77.0 Å². The largest absolute Gasteiger partial charge is 0.497 e. The van der Waals surface area contributed by atoms with Gasteiger partial charge in [0.2, 0.25) is 0 Å². The molecular formula is C19H17ClN2O4. The van der Waals surface area contributed by atoms with Gasteiger partial charge in [-0.1, -0.05) is 23.7 Å². The van der Waals surface area contributed by atoms with E-state index in [1.54, 1.807) is 55.6 Å². The normalized spacial score (nSPS) is 18.7. The summed E-state index contributed by atoms with van der Waals surface area (Å²) in [4.78, 5) is 25.1.